The second-order valence-corrected chi connectivity index (χ2v) is 4.58. The molecule has 1 aromatic rings. The Kier molecular flexibility index (Phi) is 4.54. The van der Waals surface area contributed by atoms with Crippen molar-refractivity contribution in [3.63, 3.8) is 0 Å². The van der Waals surface area contributed by atoms with Crippen molar-refractivity contribution in [1.82, 2.24) is 0 Å². The van der Waals surface area contributed by atoms with Crippen LogP contribution in [0.3, 0.4) is 0 Å². The van der Waals surface area contributed by atoms with Gasteiger partial charge in [0.2, 0.25) is 0 Å². The first-order chi connectivity index (χ1) is 8.36. The third kappa shape index (κ3) is 3.28. The van der Waals surface area contributed by atoms with E-state index in [1.165, 1.54) is 24.0 Å². The molecule has 0 heterocycles. The topological polar surface area (TPSA) is 55.5 Å². The molecule has 1 aromatic carbocycles. The van der Waals surface area contributed by atoms with E-state index < -0.39 is 0 Å². The Labute approximate surface area is 103 Å². The Morgan fingerprint density at radius 3 is 2.76 bits per heavy atom. The summed E-state index contributed by atoms with van der Waals surface area (Å²) >= 11 is 0. The lowest BCUT2D eigenvalue weighted by Crippen LogP contribution is -2.18. The molecule has 94 valence electrons. The van der Waals surface area contributed by atoms with Crippen molar-refractivity contribution in [2.24, 2.45) is 5.73 Å². The number of rotatable bonds is 7. The van der Waals surface area contributed by atoms with Gasteiger partial charge in [-0.2, -0.15) is 0 Å². The van der Waals surface area contributed by atoms with Crippen LogP contribution >= 0.6 is 0 Å². The van der Waals surface area contributed by atoms with Gasteiger partial charge >= 0.3 is 0 Å². The number of aliphatic hydroxyl groups is 1. The molecular weight excluding hydrogens is 214 g/mol. The molecule has 0 radical (unpaired) electrons. The van der Waals surface area contributed by atoms with E-state index in [2.05, 4.69) is 18.2 Å². The normalized spacial score (nSPS) is 17.1. The molecule has 1 saturated carbocycles. The minimum absolute atomic E-state index is 0.0293. The van der Waals surface area contributed by atoms with Gasteiger partial charge in [0.1, 0.15) is 0 Å². The molecule has 1 aliphatic carbocycles. The molecule has 1 atom stereocenters. The van der Waals surface area contributed by atoms with Crippen molar-refractivity contribution in [2.75, 3.05) is 19.8 Å². The van der Waals surface area contributed by atoms with E-state index in [1.54, 1.807) is 0 Å². The lowest BCUT2D eigenvalue weighted by Gasteiger charge is -2.19. The van der Waals surface area contributed by atoms with Gasteiger partial charge in [0.05, 0.1) is 6.10 Å². The Morgan fingerprint density at radius 2 is 2.12 bits per heavy atom. The van der Waals surface area contributed by atoms with Gasteiger partial charge in [0.25, 0.3) is 0 Å². The zero-order chi connectivity index (χ0) is 12.1. The highest BCUT2D eigenvalue weighted by molar-refractivity contribution is 5.35. The molecule has 3 N–H and O–H groups in total. The zero-order valence-electron chi connectivity index (χ0n) is 10.1. The molecule has 0 amide bonds. The fraction of sp³-hybridized carbons (Fsp3) is 0.571. The van der Waals surface area contributed by atoms with Crippen LogP contribution < -0.4 is 5.73 Å². The van der Waals surface area contributed by atoms with E-state index in [-0.39, 0.29) is 12.7 Å². The summed E-state index contributed by atoms with van der Waals surface area (Å²) in [5.74, 6) is 0.710. The van der Waals surface area contributed by atoms with Crippen molar-refractivity contribution < 1.29 is 9.84 Å². The molecule has 0 aliphatic heterocycles. The van der Waals surface area contributed by atoms with Gasteiger partial charge in [-0.3, -0.25) is 0 Å². The lowest BCUT2D eigenvalue weighted by atomic mass is 9.99. The molecule has 0 bridgehead atoms. The van der Waals surface area contributed by atoms with E-state index in [9.17, 15) is 0 Å². The van der Waals surface area contributed by atoms with Crippen molar-refractivity contribution in [3.8, 4) is 0 Å². The van der Waals surface area contributed by atoms with E-state index in [1.807, 2.05) is 6.07 Å². The molecule has 3 nitrogen and oxygen atoms in total. The summed E-state index contributed by atoms with van der Waals surface area (Å²) in [4.78, 5) is 0. The predicted octanol–water partition coefficient (Wildman–Crippen LogP) is 1.96. The first-order valence-corrected chi connectivity index (χ1v) is 6.38. The Balaban J connectivity index is 2.06. The minimum atomic E-state index is -0.0293. The number of ether oxygens (including phenoxy) is 1. The van der Waals surface area contributed by atoms with E-state index >= 15 is 0 Å². The highest BCUT2D eigenvalue weighted by Gasteiger charge is 2.27. The number of nitrogens with two attached hydrogens (primary N) is 1. The molecule has 3 heteroatoms. The van der Waals surface area contributed by atoms with Crippen LogP contribution in [0, 0.1) is 0 Å². The minimum Gasteiger partial charge on any atom is -0.396 e. The van der Waals surface area contributed by atoms with E-state index in [0.29, 0.717) is 25.5 Å². The quantitative estimate of drug-likeness (QED) is 0.710. The van der Waals surface area contributed by atoms with Gasteiger partial charge < -0.3 is 15.6 Å². The van der Waals surface area contributed by atoms with E-state index in [0.717, 1.165) is 0 Å². The molecule has 1 aliphatic rings. The fourth-order valence-corrected chi connectivity index (χ4v) is 2.15. The largest absolute Gasteiger partial charge is 0.396 e. The predicted molar refractivity (Wildman–Crippen MR) is 67.9 cm³/mol. The van der Waals surface area contributed by atoms with Crippen LogP contribution in [0.2, 0.25) is 0 Å². The maximum Gasteiger partial charge on any atom is 0.0949 e. The van der Waals surface area contributed by atoms with Crippen LogP contribution in [-0.2, 0) is 4.74 Å². The Bertz CT molecular complexity index is 350. The van der Waals surface area contributed by atoms with Crippen molar-refractivity contribution >= 4 is 0 Å². The van der Waals surface area contributed by atoms with Gasteiger partial charge in [-0.25, -0.2) is 0 Å². The highest BCUT2D eigenvalue weighted by atomic mass is 16.5. The van der Waals surface area contributed by atoms with E-state index in [4.69, 9.17) is 15.6 Å². The van der Waals surface area contributed by atoms with Crippen LogP contribution in [-0.4, -0.2) is 24.9 Å². The SMILES string of the molecule is NCC(OCCCO)c1ccccc1C1CC1. The van der Waals surface area contributed by atoms with Crippen LogP contribution in [0.4, 0.5) is 0 Å². The average molecular weight is 235 g/mol. The molecule has 0 spiro atoms. The van der Waals surface area contributed by atoms with Crippen molar-refractivity contribution in [2.45, 2.75) is 31.3 Å². The summed E-state index contributed by atoms with van der Waals surface area (Å²) in [6.45, 7) is 1.23. The number of hydrogen-bond donors (Lipinski definition) is 2. The standard InChI is InChI=1S/C14H21NO2/c15-10-14(17-9-3-8-16)13-5-2-1-4-12(13)11-6-7-11/h1-2,4-5,11,14,16H,3,6-10,15H2. The van der Waals surface area contributed by atoms with Crippen LogP contribution in [0.15, 0.2) is 24.3 Å². The Hall–Kier alpha value is -0.900. The smallest absolute Gasteiger partial charge is 0.0949 e. The summed E-state index contributed by atoms with van der Waals surface area (Å²) in [6, 6.07) is 8.42. The molecule has 0 saturated heterocycles. The average Bonchev–Trinajstić information content (AvgIpc) is 3.19. The first-order valence-electron chi connectivity index (χ1n) is 6.38. The summed E-state index contributed by atoms with van der Waals surface area (Å²) in [6.07, 6.45) is 3.20. The van der Waals surface area contributed by atoms with Gasteiger partial charge in [0.15, 0.2) is 0 Å². The number of hydrogen-bond acceptors (Lipinski definition) is 3. The summed E-state index contributed by atoms with van der Waals surface area (Å²) in [7, 11) is 0. The molecule has 1 fully saturated rings. The molecule has 2 rings (SSSR count). The first kappa shape index (κ1) is 12.6. The second kappa shape index (κ2) is 6.15. The second-order valence-electron chi connectivity index (χ2n) is 4.58. The molecular formula is C14H21NO2. The van der Waals surface area contributed by atoms with Gasteiger partial charge in [-0.15, -0.1) is 0 Å². The maximum absolute atomic E-state index is 8.76. The highest BCUT2D eigenvalue weighted by Crippen LogP contribution is 2.43. The van der Waals surface area contributed by atoms with Gasteiger partial charge in [0, 0.05) is 19.8 Å². The third-order valence-corrected chi connectivity index (χ3v) is 3.20. The third-order valence-electron chi connectivity index (χ3n) is 3.20. The molecule has 0 aromatic heterocycles. The Morgan fingerprint density at radius 1 is 1.35 bits per heavy atom. The van der Waals surface area contributed by atoms with Gasteiger partial charge in [-0.1, -0.05) is 24.3 Å². The van der Waals surface area contributed by atoms with Crippen molar-refractivity contribution in [1.29, 1.82) is 0 Å². The lowest BCUT2D eigenvalue weighted by molar-refractivity contribution is 0.0483. The number of aliphatic hydroxyl groups excluding tert-OH is 1. The van der Waals surface area contributed by atoms with Crippen LogP contribution in [0.25, 0.3) is 0 Å². The van der Waals surface area contributed by atoms with Crippen molar-refractivity contribution in [3.05, 3.63) is 35.4 Å². The van der Waals surface area contributed by atoms with Crippen LogP contribution in [0.1, 0.15) is 42.4 Å². The molecule has 1 unspecified atom stereocenters. The number of benzene rings is 1. The summed E-state index contributed by atoms with van der Waals surface area (Å²) < 4.78 is 5.75. The monoisotopic (exact) mass is 235 g/mol. The van der Waals surface area contributed by atoms with Gasteiger partial charge in [-0.05, 0) is 36.3 Å². The molecule has 17 heavy (non-hydrogen) atoms. The fourth-order valence-electron chi connectivity index (χ4n) is 2.15. The summed E-state index contributed by atoms with van der Waals surface area (Å²) in [5.41, 5.74) is 8.42. The maximum atomic E-state index is 8.76. The van der Waals surface area contributed by atoms with Crippen LogP contribution in [0.5, 0.6) is 0 Å². The zero-order valence-corrected chi connectivity index (χ0v) is 10.1. The summed E-state index contributed by atoms with van der Waals surface area (Å²) in [5, 5.41) is 8.76.